The van der Waals surface area contributed by atoms with E-state index in [0.717, 1.165) is 23.9 Å². The van der Waals surface area contributed by atoms with Crippen LogP contribution in [0.5, 0.6) is 6.01 Å². The van der Waals surface area contributed by atoms with Crippen LogP contribution in [0.4, 0.5) is 49.6 Å². The van der Waals surface area contributed by atoms with Crippen molar-refractivity contribution in [3.05, 3.63) is 60.2 Å². The Morgan fingerprint density at radius 2 is 1.56 bits per heavy atom. The maximum atomic E-state index is 13.1. The third-order valence-electron chi connectivity index (χ3n) is 5.55. The molecule has 4 rings (SSSR count). The predicted molar refractivity (Wildman–Crippen MR) is 130 cm³/mol. The summed E-state index contributed by atoms with van der Waals surface area (Å²) in [6, 6.07) is 12.7. The van der Waals surface area contributed by atoms with Crippen molar-refractivity contribution >= 4 is 29.2 Å². The average molecular weight is 555 g/mol. The highest BCUT2D eigenvalue weighted by molar-refractivity contribution is 5.81. The molecule has 9 nitrogen and oxygen atoms in total. The van der Waals surface area contributed by atoms with Gasteiger partial charge in [-0.25, -0.2) is 0 Å². The third kappa shape index (κ3) is 8.09. The zero-order chi connectivity index (χ0) is 28.0. The van der Waals surface area contributed by atoms with Crippen LogP contribution in [0.3, 0.4) is 0 Å². The fourth-order valence-electron chi connectivity index (χ4n) is 3.66. The fraction of sp³-hybridized carbons (Fsp3) is 0.333. The summed E-state index contributed by atoms with van der Waals surface area (Å²) >= 11 is 0. The van der Waals surface area contributed by atoms with Crippen molar-refractivity contribution < 1.29 is 35.9 Å². The Kier molecular flexibility index (Phi) is 8.26. The fourth-order valence-corrected chi connectivity index (χ4v) is 3.66. The largest absolute Gasteiger partial charge is 0.454 e. The molecule has 1 aliphatic rings. The number of anilines is 4. The molecule has 1 amide bonds. The number of benzene rings is 2. The van der Waals surface area contributed by atoms with Crippen LogP contribution >= 0.6 is 0 Å². The number of hydrogen-bond donors (Lipinski definition) is 2. The second kappa shape index (κ2) is 11.6. The number of alkyl halides is 6. The number of piperazine rings is 1. The normalized spacial score (nSPS) is 14.2. The Morgan fingerprint density at radius 1 is 0.872 bits per heavy atom. The molecule has 1 aromatic heterocycles. The van der Waals surface area contributed by atoms with Gasteiger partial charge in [-0.1, -0.05) is 24.3 Å². The Hall–Kier alpha value is -4.30. The SMILES string of the molecule is O=C(CNc1ccccc1)N1CCN(c2nc(Nc3cccc(C(F)(F)F)c3)nc(OCC(F)(F)F)n2)CC1. The summed E-state index contributed by atoms with van der Waals surface area (Å²) in [5, 5.41) is 5.61. The van der Waals surface area contributed by atoms with Crippen molar-refractivity contribution in [2.24, 2.45) is 0 Å². The molecule has 3 aromatic rings. The van der Waals surface area contributed by atoms with Crippen LogP contribution in [0.1, 0.15) is 5.56 Å². The van der Waals surface area contributed by atoms with Gasteiger partial charge in [-0.2, -0.15) is 41.3 Å². The number of hydrogen-bond acceptors (Lipinski definition) is 8. The Balaban J connectivity index is 1.46. The molecule has 0 bridgehead atoms. The van der Waals surface area contributed by atoms with Gasteiger partial charge >= 0.3 is 18.4 Å². The van der Waals surface area contributed by atoms with Gasteiger partial charge in [0, 0.05) is 37.6 Å². The Morgan fingerprint density at radius 3 is 2.23 bits per heavy atom. The molecule has 2 aromatic carbocycles. The number of nitrogens with one attached hydrogen (secondary N) is 2. The van der Waals surface area contributed by atoms with Crippen molar-refractivity contribution in [2.75, 3.05) is 54.9 Å². The highest BCUT2D eigenvalue weighted by Gasteiger charge is 2.31. The zero-order valence-electron chi connectivity index (χ0n) is 20.3. The van der Waals surface area contributed by atoms with Crippen molar-refractivity contribution in [2.45, 2.75) is 12.4 Å². The molecule has 2 heterocycles. The topological polar surface area (TPSA) is 95.5 Å². The molecule has 1 fully saturated rings. The molecule has 0 atom stereocenters. The van der Waals surface area contributed by atoms with Crippen molar-refractivity contribution in [3.8, 4) is 6.01 Å². The van der Waals surface area contributed by atoms with Crippen LogP contribution in [-0.4, -0.2) is 71.3 Å². The smallest absolute Gasteiger partial charge is 0.422 e. The first kappa shape index (κ1) is 27.7. The van der Waals surface area contributed by atoms with E-state index in [4.69, 9.17) is 0 Å². The lowest BCUT2D eigenvalue weighted by Crippen LogP contribution is -2.50. The van der Waals surface area contributed by atoms with Crippen LogP contribution < -0.4 is 20.3 Å². The first-order chi connectivity index (χ1) is 18.5. The molecule has 39 heavy (non-hydrogen) atoms. The molecule has 2 N–H and O–H groups in total. The van der Waals surface area contributed by atoms with Gasteiger partial charge in [-0.3, -0.25) is 4.79 Å². The van der Waals surface area contributed by atoms with Crippen LogP contribution in [0.25, 0.3) is 0 Å². The standard InChI is InChI=1S/C24H23F6N7O2/c25-23(26,27)15-39-22-34-20(32-18-8-4-5-16(13-18)24(28,29)30)33-21(35-22)37-11-9-36(10-12-37)19(38)14-31-17-6-2-1-3-7-17/h1-8,13,31H,9-12,14-15H2,(H,32,33,34,35). The van der Waals surface area contributed by atoms with Gasteiger partial charge in [0.1, 0.15) is 0 Å². The van der Waals surface area contributed by atoms with Crippen LogP contribution in [0.2, 0.25) is 0 Å². The van der Waals surface area contributed by atoms with E-state index in [0.29, 0.717) is 0 Å². The van der Waals surface area contributed by atoms with E-state index in [2.05, 4.69) is 30.3 Å². The molecule has 0 spiro atoms. The lowest BCUT2D eigenvalue weighted by Gasteiger charge is -2.35. The third-order valence-corrected chi connectivity index (χ3v) is 5.55. The van der Waals surface area contributed by atoms with E-state index in [1.807, 2.05) is 30.3 Å². The van der Waals surface area contributed by atoms with Crippen molar-refractivity contribution in [3.63, 3.8) is 0 Å². The molecular formula is C24H23F6N7O2. The molecule has 0 aliphatic carbocycles. The number of para-hydroxylation sites is 1. The minimum Gasteiger partial charge on any atom is -0.454 e. The number of rotatable bonds is 8. The summed E-state index contributed by atoms with van der Waals surface area (Å²) in [6.07, 6.45) is -9.27. The van der Waals surface area contributed by atoms with Crippen molar-refractivity contribution in [1.29, 1.82) is 0 Å². The molecule has 0 saturated carbocycles. The van der Waals surface area contributed by atoms with Gasteiger partial charge < -0.3 is 25.2 Å². The summed E-state index contributed by atoms with van der Waals surface area (Å²) in [7, 11) is 0. The Bertz CT molecular complexity index is 1270. The minimum absolute atomic E-state index is 0.0370. The maximum absolute atomic E-state index is 13.1. The number of carbonyl (C=O) groups excluding carboxylic acids is 1. The second-order valence-corrected chi connectivity index (χ2v) is 8.44. The van der Waals surface area contributed by atoms with E-state index in [9.17, 15) is 31.1 Å². The molecule has 15 heteroatoms. The number of halogens is 6. The number of carbonyl (C=O) groups is 1. The first-order valence-corrected chi connectivity index (χ1v) is 11.7. The number of amides is 1. The first-order valence-electron chi connectivity index (χ1n) is 11.7. The molecule has 1 saturated heterocycles. The number of ether oxygens (including phenoxy) is 1. The van der Waals surface area contributed by atoms with Crippen LogP contribution in [0.15, 0.2) is 54.6 Å². The number of aromatic nitrogens is 3. The number of nitrogens with zero attached hydrogens (tertiary/aromatic N) is 5. The van der Waals surface area contributed by atoms with Gasteiger partial charge in [0.2, 0.25) is 17.8 Å². The summed E-state index contributed by atoms with van der Waals surface area (Å²) in [5.74, 6) is -0.497. The lowest BCUT2D eigenvalue weighted by molar-refractivity contribution is -0.154. The quantitative estimate of drug-likeness (QED) is 0.397. The van der Waals surface area contributed by atoms with Crippen LogP contribution in [0, 0.1) is 0 Å². The minimum atomic E-state index is -4.67. The Labute approximate surface area is 218 Å². The van der Waals surface area contributed by atoms with Gasteiger partial charge in [0.15, 0.2) is 6.61 Å². The summed E-state index contributed by atoms with van der Waals surface area (Å²) in [5.41, 5.74) is -0.176. The van der Waals surface area contributed by atoms with Gasteiger partial charge in [-0.15, -0.1) is 0 Å². The zero-order valence-corrected chi connectivity index (χ0v) is 20.3. The summed E-state index contributed by atoms with van der Waals surface area (Å²) in [4.78, 5) is 27.7. The second-order valence-electron chi connectivity index (χ2n) is 8.44. The molecule has 0 unspecified atom stereocenters. The monoisotopic (exact) mass is 555 g/mol. The molecule has 1 aliphatic heterocycles. The average Bonchev–Trinajstić information content (AvgIpc) is 2.90. The van der Waals surface area contributed by atoms with E-state index < -0.39 is 30.5 Å². The highest BCUT2D eigenvalue weighted by atomic mass is 19.4. The highest BCUT2D eigenvalue weighted by Crippen LogP contribution is 2.31. The summed E-state index contributed by atoms with van der Waals surface area (Å²) in [6.45, 7) is -0.510. The van der Waals surface area contributed by atoms with Gasteiger partial charge in [0.05, 0.1) is 12.1 Å². The lowest BCUT2D eigenvalue weighted by atomic mass is 10.2. The molecular weight excluding hydrogens is 532 g/mol. The van der Waals surface area contributed by atoms with E-state index in [-0.39, 0.29) is 56.2 Å². The molecule has 208 valence electrons. The van der Waals surface area contributed by atoms with E-state index in [1.165, 1.54) is 6.07 Å². The maximum Gasteiger partial charge on any atom is 0.422 e. The van der Waals surface area contributed by atoms with E-state index >= 15 is 0 Å². The van der Waals surface area contributed by atoms with Crippen molar-refractivity contribution in [1.82, 2.24) is 19.9 Å². The van der Waals surface area contributed by atoms with Gasteiger partial charge in [0.25, 0.3) is 0 Å². The molecule has 0 radical (unpaired) electrons. The predicted octanol–water partition coefficient (Wildman–Crippen LogP) is 4.34. The van der Waals surface area contributed by atoms with E-state index in [1.54, 1.807) is 9.80 Å². The van der Waals surface area contributed by atoms with Crippen LogP contribution in [-0.2, 0) is 11.0 Å². The summed E-state index contributed by atoms with van der Waals surface area (Å²) < 4.78 is 82.1. The van der Waals surface area contributed by atoms with Gasteiger partial charge in [-0.05, 0) is 30.3 Å².